The third-order valence-corrected chi connectivity index (χ3v) is 3.17. The molecule has 0 heterocycles. The molecule has 0 bridgehead atoms. The standard InChI is InChI=1S/C14H19NO3/c1-10-6-5-7-11(8-10)9-12(16)15(4)14(2,3)13(17)18/h5-8H,9H2,1-4H3,(H,17,18). The van der Waals surface area contributed by atoms with Crippen LogP contribution < -0.4 is 0 Å². The fraction of sp³-hybridized carbons (Fsp3) is 0.429. The number of hydrogen-bond acceptors (Lipinski definition) is 2. The molecule has 0 atom stereocenters. The van der Waals surface area contributed by atoms with Gasteiger partial charge in [-0.15, -0.1) is 0 Å². The SMILES string of the molecule is Cc1cccc(CC(=O)N(C)C(C)(C)C(=O)O)c1. The minimum Gasteiger partial charge on any atom is -0.480 e. The molecule has 4 nitrogen and oxygen atoms in total. The molecule has 4 heteroatoms. The maximum absolute atomic E-state index is 12.0. The van der Waals surface area contributed by atoms with Gasteiger partial charge in [0.1, 0.15) is 5.54 Å². The summed E-state index contributed by atoms with van der Waals surface area (Å²) in [5.74, 6) is -1.21. The van der Waals surface area contributed by atoms with Crippen molar-refractivity contribution in [2.75, 3.05) is 7.05 Å². The number of benzene rings is 1. The molecule has 98 valence electrons. The first-order chi connectivity index (χ1) is 8.25. The van der Waals surface area contributed by atoms with Crippen LogP contribution >= 0.6 is 0 Å². The van der Waals surface area contributed by atoms with E-state index in [-0.39, 0.29) is 12.3 Å². The van der Waals surface area contributed by atoms with Crippen molar-refractivity contribution in [2.45, 2.75) is 32.7 Å². The molecule has 1 aromatic rings. The number of nitrogens with zero attached hydrogens (tertiary/aromatic N) is 1. The highest BCUT2D eigenvalue weighted by atomic mass is 16.4. The molecule has 0 unspecified atom stereocenters. The molecule has 0 aliphatic carbocycles. The van der Waals surface area contributed by atoms with Crippen molar-refractivity contribution < 1.29 is 14.7 Å². The van der Waals surface area contributed by atoms with Crippen LogP contribution in [-0.2, 0) is 16.0 Å². The molecular weight excluding hydrogens is 230 g/mol. The van der Waals surface area contributed by atoms with Crippen molar-refractivity contribution in [3.05, 3.63) is 35.4 Å². The highest BCUT2D eigenvalue weighted by Crippen LogP contribution is 2.15. The number of carboxylic acid groups (broad SMARTS) is 1. The minimum absolute atomic E-state index is 0.201. The van der Waals surface area contributed by atoms with Crippen molar-refractivity contribution in [1.82, 2.24) is 4.90 Å². The first-order valence-electron chi connectivity index (χ1n) is 5.80. The molecule has 1 rings (SSSR count). The Hall–Kier alpha value is -1.84. The number of carbonyl (C=O) groups is 2. The lowest BCUT2D eigenvalue weighted by Gasteiger charge is -2.31. The van der Waals surface area contributed by atoms with E-state index in [1.54, 1.807) is 0 Å². The van der Waals surface area contributed by atoms with Crippen LogP contribution in [0.1, 0.15) is 25.0 Å². The van der Waals surface area contributed by atoms with Gasteiger partial charge in [0.05, 0.1) is 6.42 Å². The fourth-order valence-corrected chi connectivity index (χ4v) is 1.57. The molecule has 18 heavy (non-hydrogen) atoms. The summed E-state index contributed by atoms with van der Waals surface area (Å²) in [6, 6.07) is 7.64. The number of hydrogen-bond donors (Lipinski definition) is 1. The monoisotopic (exact) mass is 249 g/mol. The van der Waals surface area contributed by atoms with Gasteiger partial charge in [-0.3, -0.25) is 4.79 Å². The Morgan fingerprint density at radius 3 is 2.44 bits per heavy atom. The molecule has 0 aliphatic heterocycles. The quantitative estimate of drug-likeness (QED) is 0.886. The van der Waals surface area contributed by atoms with Gasteiger partial charge >= 0.3 is 5.97 Å². The van der Waals surface area contributed by atoms with E-state index in [9.17, 15) is 9.59 Å². The van der Waals surface area contributed by atoms with Crippen LogP contribution in [0, 0.1) is 6.92 Å². The molecule has 0 fully saturated rings. The molecule has 1 aromatic carbocycles. The minimum atomic E-state index is -1.19. The van der Waals surface area contributed by atoms with E-state index in [1.807, 2.05) is 31.2 Å². The Morgan fingerprint density at radius 1 is 1.33 bits per heavy atom. The molecule has 0 spiro atoms. The topological polar surface area (TPSA) is 57.6 Å². The van der Waals surface area contributed by atoms with E-state index in [4.69, 9.17) is 5.11 Å². The number of carbonyl (C=O) groups excluding carboxylic acids is 1. The Bertz CT molecular complexity index is 466. The molecule has 0 saturated heterocycles. The van der Waals surface area contributed by atoms with Crippen LogP contribution in [0.25, 0.3) is 0 Å². The lowest BCUT2D eigenvalue weighted by atomic mass is 10.0. The summed E-state index contributed by atoms with van der Waals surface area (Å²) in [6.45, 7) is 4.99. The van der Waals surface area contributed by atoms with E-state index >= 15 is 0 Å². The average molecular weight is 249 g/mol. The number of aliphatic carboxylic acids is 1. The van der Waals surface area contributed by atoms with Gasteiger partial charge in [-0.2, -0.15) is 0 Å². The third-order valence-electron chi connectivity index (χ3n) is 3.17. The van der Waals surface area contributed by atoms with Gasteiger partial charge < -0.3 is 10.0 Å². The van der Waals surface area contributed by atoms with Crippen molar-refractivity contribution in [2.24, 2.45) is 0 Å². The second-order valence-corrected chi connectivity index (χ2v) is 4.98. The first-order valence-corrected chi connectivity index (χ1v) is 5.80. The number of amides is 1. The fourth-order valence-electron chi connectivity index (χ4n) is 1.57. The Morgan fingerprint density at radius 2 is 1.94 bits per heavy atom. The number of likely N-dealkylation sites (N-methyl/N-ethyl adjacent to an activating group) is 1. The van der Waals surface area contributed by atoms with Gasteiger partial charge in [-0.05, 0) is 26.3 Å². The summed E-state index contributed by atoms with van der Waals surface area (Å²) in [7, 11) is 1.52. The summed E-state index contributed by atoms with van der Waals surface area (Å²) in [5, 5.41) is 9.08. The van der Waals surface area contributed by atoms with E-state index in [0.717, 1.165) is 11.1 Å². The van der Waals surface area contributed by atoms with Crippen molar-refractivity contribution in [3.63, 3.8) is 0 Å². The summed E-state index contributed by atoms with van der Waals surface area (Å²) >= 11 is 0. The van der Waals surface area contributed by atoms with Crippen LogP contribution in [0.5, 0.6) is 0 Å². The largest absolute Gasteiger partial charge is 0.480 e. The number of aryl methyl sites for hydroxylation is 1. The van der Waals surface area contributed by atoms with Crippen LogP contribution in [0.4, 0.5) is 0 Å². The average Bonchev–Trinajstić information content (AvgIpc) is 2.27. The molecule has 0 saturated carbocycles. The predicted molar refractivity (Wildman–Crippen MR) is 69.4 cm³/mol. The predicted octanol–water partition coefficient (Wildman–Crippen LogP) is 1.86. The van der Waals surface area contributed by atoms with Gasteiger partial charge in [-0.1, -0.05) is 29.8 Å². The van der Waals surface area contributed by atoms with Crippen molar-refractivity contribution >= 4 is 11.9 Å². The summed E-state index contributed by atoms with van der Waals surface area (Å²) in [5.41, 5.74) is 0.787. The highest BCUT2D eigenvalue weighted by molar-refractivity contribution is 5.87. The summed E-state index contributed by atoms with van der Waals surface area (Å²) < 4.78 is 0. The van der Waals surface area contributed by atoms with E-state index in [0.29, 0.717) is 0 Å². The second-order valence-electron chi connectivity index (χ2n) is 4.98. The Kier molecular flexibility index (Phi) is 4.11. The third kappa shape index (κ3) is 3.09. The molecule has 1 N–H and O–H groups in total. The molecule has 1 amide bonds. The maximum Gasteiger partial charge on any atom is 0.329 e. The molecule has 0 radical (unpaired) electrons. The van der Waals surface area contributed by atoms with Crippen molar-refractivity contribution in [1.29, 1.82) is 0 Å². The van der Waals surface area contributed by atoms with Crippen molar-refractivity contribution in [3.8, 4) is 0 Å². The number of carboxylic acids is 1. The van der Waals surface area contributed by atoms with Gasteiger partial charge in [0, 0.05) is 7.05 Å². The van der Waals surface area contributed by atoms with E-state index in [2.05, 4.69) is 0 Å². The smallest absolute Gasteiger partial charge is 0.329 e. The van der Waals surface area contributed by atoms with Gasteiger partial charge in [-0.25, -0.2) is 4.79 Å². The summed E-state index contributed by atoms with van der Waals surface area (Å²) in [6.07, 6.45) is 0.217. The Labute approximate surface area is 107 Å². The van der Waals surface area contributed by atoms with Crippen LogP contribution in [0.15, 0.2) is 24.3 Å². The zero-order chi connectivity index (χ0) is 13.9. The van der Waals surface area contributed by atoms with E-state index in [1.165, 1.54) is 25.8 Å². The van der Waals surface area contributed by atoms with Crippen LogP contribution in [0.2, 0.25) is 0 Å². The molecule has 0 aromatic heterocycles. The van der Waals surface area contributed by atoms with Gasteiger partial charge in [0.25, 0.3) is 0 Å². The van der Waals surface area contributed by atoms with Crippen LogP contribution in [0.3, 0.4) is 0 Å². The lowest BCUT2D eigenvalue weighted by Crippen LogP contribution is -2.51. The molecule has 0 aliphatic rings. The lowest BCUT2D eigenvalue weighted by molar-refractivity contribution is -0.155. The van der Waals surface area contributed by atoms with E-state index < -0.39 is 11.5 Å². The Balaban J connectivity index is 2.80. The highest BCUT2D eigenvalue weighted by Gasteiger charge is 2.34. The second kappa shape index (κ2) is 5.21. The molecular formula is C14H19NO3. The van der Waals surface area contributed by atoms with Gasteiger partial charge in [0.15, 0.2) is 0 Å². The van der Waals surface area contributed by atoms with Crippen LogP contribution in [-0.4, -0.2) is 34.5 Å². The number of rotatable bonds is 4. The zero-order valence-electron chi connectivity index (χ0n) is 11.2. The first kappa shape index (κ1) is 14.2. The zero-order valence-corrected chi connectivity index (χ0v) is 11.2. The normalized spacial score (nSPS) is 11.1. The maximum atomic E-state index is 12.0. The summed E-state index contributed by atoms with van der Waals surface area (Å²) in [4.78, 5) is 24.4. The van der Waals surface area contributed by atoms with Gasteiger partial charge in [0.2, 0.25) is 5.91 Å².